The molecule has 1 saturated heterocycles. The van der Waals surface area contributed by atoms with E-state index in [1.165, 1.54) is 0 Å². The number of nitro benzene ring substituents is 1. The normalized spacial score (nSPS) is 16.1. The zero-order valence-electron chi connectivity index (χ0n) is 11.6. The molecule has 0 aromatic heterocycles. The lowest BCUT2D eigenvalue weighted by Crippen LogP contribution is -2.36. The fraction of sp³-hybridized carbons (Fsp3) is 0.571. The molecule has 1 aromatic carbocycles. The van der Waals surface area contributed by atoms with Gasteiger partial charge < -0.3 is 10.2 Å². The van der Waals surface area contributed by atoms with E-state index >= 15 is 0 Å². The Labute approximate surface area is 127 Å². The molecule has 0 spiro atoms. The van der Waals surface area contributed by atoms with E-state index in [2.05, 4.69) is 26.1 Å². The summed E-state index contributed by atoms with van der Waals surface area (Å²) >= 11 is 3.41. The molecule has 1 aliphatic heterocycles. The molecule has 0 amide bonds. The topological polar surface area (TPSA) is 58.4 Å². The highest BCUT2D eigenvalue weighted by Crippen LogP contribution is 2.32. The van der Waals surface area contributed by atoms with Gasteiger partial charge in [-0.3, -0.25) is 10.1 Å². The number of piperidine rings is 1. The maximum atomic E-state index is 11.2. The molecule has 0 bridgehead atoms. The van der Waals surface area contributed by atoms with Crippen LogP contribution in [0, 0.1) is 16.0 Å². The number of halogens is 1. The molecule has 1 fully saturated rings. The van der Waals surface area contributed by atoms with Gasteiger partial charge in [-0.05, 0) is 50.9 Å². The molecule has 1 aromatic rings. The van der Waals surface area contributed by atoms with Crippen molar-refractivity contribution < 1.29 is 4.92 Å². The van der Waals surface area contributed by atoms with E-state index < -0.39 is 0 Å². The first-order valence-electron chi connectivity index (χ1n) is 7.01. The second kappa shape index (κ2) is 7.04. The molecule has 6 heteroatoms. The fourth-order valence-corrected chi connectivity index (χ4v) is 3.03. The van der Waals surface area contributed by atoms with E-state index in [9.17, 15) is 10.1 Å². The number of rotatable bonds is 5. The average Bonchev–Trinajstić information content (AvgIpc) is 2.45. The summed E-state index contributed by atoms with van der Waals surface area (Å²) in [5, 5.41) is 14.5. The molecule has 0 radical (unpaired) electrons. The SMILES string of the molecule is CCN(CC1CCNCC1)c1cc(Br)ccc1[N+](=O)[O-]. The van der Waals surface area contributed by atoms with Crippen molar-refractivity contribution in [2.45, 2.75) is 19.8 Å². The van der Waals surface area contributed by atoms with Crippen molar-refractivity contribution in [1.29, 1.82) is 0 Å². The third-order valence-corrected chi connectivity index (χ3v) is 4.29. The molecule has 2 rings (SSSR count). The van der Waals surface area contributed by atoms with E-state index in [1.54, 1.807) is 12.1 Å². The van der Waals surface area contributed by atoms with Crippen LogP contribution in [0.3, 0.4) is 0 Å². The van der Waals surface area contributed by atoms with Gasteiger partial charge in [0.1, 0.15) is 5.69 Å². The maximum absolute atomic E-state index is 11.2. The predicted molar refractivity (Wildman–Crippen MR) is 84.3 cm³/mol. The molecule has 0 atom stereocenters. The van der Waals surface area contributed by atoms with Gasteiger partial charge in [0.15, 0.2) is 0 Å². The first-order chi connectivity index (χ1) is 9.61. The molecule has 0 aliphatic carbocycles. The molecule has 5 nitrogen and oxygen atoms in total. The highest BCUT2D eigenvalue weighted by Gasteiger charge is 2.22. The summed E-state index contributed by atoms with van der Waals surface area (Å²) in [6, 6.07) is 5.15. The van der Waals surface area contributed by atoms with E-state index in [1.807, 2.05) is 13.0 Å². The Kier molecular flexibility index (Phi) is 5.37. The number of nitrogens with one attached hydrogen (secondary N) is 1. The smallest absolute Gasteiger partial charge is 0.292 e. The standard InChI is InChI=1S/C14H20BrN3O2/c1-2-17(10-11-5-7-16-8-6-11)14-9-12(15)3-4-13(14)18(19)20/h3-4,9,11,16H,2,5-8,10H2,1H3. The van der Waals surface area contributed by atoms with Gasteiger partial charge in [0.2, 0.25) is 0 Å². The van der Waals surface area contributed by atoms with Crippen LogP contribution >= 0.6 is 15.9 Å². The summed E-state index contributed by atoms with van der Waals surface area (Å²) in [5.74, 6) is 0.606. The number of hydrogen-bond acceptors (Lipinski definition) is 4. The van der Waals surface area contributed by atoms with Crippen LogP contribution < -0.4 is 10.2 Å². The quantitative estimate of drug-likeness (QED) is 0.660. The number of hydrogen-bond donors (Lipinski definition) is 1. The van der Waals surface area contributed by atoms with Gasteiger partial charge in [0.25, 0.3) is 5.69 Å². The highest BCUT2D eigenvalue weighted by molar-refractivity contribution is 9.10. The Morgan fingerprint density at radius 1 is 1.45 bits per heavy atom. The molecule has 1 aliphatic rings. The van der Waals surface area contributed by atoms with Gasteiger partial charge in [0.05, 0.1) is 4.92 Å². The molecular formula is C14H20BrN3O2. The summed E-state index contributed by atoms with van der Waals surface area (Å²) in [6.45, 7) is 5.80. The summed E-state index contributed by atoms with van der Waals surface area (Å²) < 4.78 is 0.877. The van der Waals surface area contributed by atoms with Crippen LogP contribution in [0.4, 0.5) is 11.4 Å². The summed E-state index contributed by atoms with van der Waals surface area (Å²) in [7, 11) is 0. The zero-order valence-corrected chi connectivity index (χ0v) is 13.2. The molecule has 1 N–H and O–H groups in total. The number of anilines is 1. The zero-order chi connectivity index (χ0) is 14.5. The summed E-state index contributed by atoms with van der Waals surface area (Å²) in [6.07, 6.45) is 2.27. The minimum Gasteiger partial charge on any atom is -0.366 e. The van der Waals surface area contributed by atoms with Crippen LogP contribution in [0.15, 0.2) is 22.7 Å². The lowest BCUT2D eigenvalue weighted by molar-refractivity contribution is -0.384. The third-order valence-electron chi connectivity index (χ3n) is 3.79. The minimum absolute atomic E-state index is 0.184. The number of nitro groups is 1. The lowest BCUT2D eigenvalue weighted by Gasteiger charge is -2.30. The van der Waals surface area contributed by atoms with Gasteiger partial charge in [0, 0.05) is 23.6 Å². The molecule has 1 heterocycles. The Morgan fingerprint density at radius 3 is 2.75 bits per heavy atom. The largest absolute Gasteiger partial charge is 0.366 e. The molecule has 20 heavy (non-hydrogen) atoms. The third kappa shape index (κ3) is 3.70. The number of nitrogens with zero attached hydrogens (tertiary/aromatic N) is 2. The van der Waals surface area contributed by atoms with Crippen molar-refractivity contribution in [2.75, 3.05) is 31.1 Å². The predicted octanol–water partition coefficient (Wildman–Crippen LogP) is 3.18. The van der Waals surface area contributed by atoms with Crippen LogP contribution in [0.1, 0.15) is 19.8 Å². The molecule has 110 valence electrons. The first kappa shape index (κ1) is 15.3. The van der Waals surface area contributed by atoms with Crippen molar-refractivity contribution >= 4 is 27.3 Å². The van der Waals surface area contributed by atoms with Crippen molar-refractivity contribution in [3.05, 3.63) is 32.8 Å². The fourth-order valence-electron chi connectivity index (χ4n) is 2.68. The van der Waals surface area contributed by atoms with Crippen molar-refractivity contribution in [2.24, 2.45) is 5.92 Å². The number of benzene rings is 1. The molecular weight excluding hydrogens is 322 g/mol. The van der Waals surface area contributed by atoms with E-state index in [0.29, 0.717) is 11.6 Å². The Bertz CT molecular complexity index is 475. The monoisotopic (exact) mass is 341 g/mol. The minimum atomic E-state index is -0.299. The van der Waals surface area contributed by atoms with Crippen LogP contribution in [0.2, 0.25) is 0 Å². The van der Waals surface area contributed by atoms with Crippen LogP contribution in [-0.4, -0.2) is 31.1 Å². The van der Waals surface area contributed by atoms with Crippen molar-refractivity contribution in [3.63, 3.8) is 0 Å². The van der Waals surface area contributed by atoms with E-state index in [0.717, 1.165) is 43.5 Å². The van der Waals surface area contributed by atoms with Crippen molar-refractivity contribution in [1.82, 2.24) is 5.32 Å². The lowest BCUT2D eigenvalue weighted by atomic mass is 9.97. The van der Waals surface area contributed by atoms with Crippen LogP contribution in [-0.2, 0) is 0 Å². The molecule has 0 unspecified atom stereocenters. The second-order valence-corrected chi connectivity index (χ2v) is 6.04. The Hall–Kier alpha value is -1.14. The van der Waals surface area contributed by atoms with Gasteiger partial charge in [-0.2, -0.15) is 0 Å². The average molecular weight is 342 g/mol. The van der Waals surface area contributed by atoms with Crippen molar-refractivity contribution in [3.8, 4) is 0 Å². The second-order valence-electron chi connectivity index (χ2n) is 5.12. The van der Waals surface area contributed by atoms with E-state index in [4.69, 9.17) is 0 Å². The summed E-state index contributed by atoms with van der Waals surface area (Å²) in [5.41, 5.74) is 0.898. The van der Waals surface area contributed by atoms with Gasteiger partial charge in [-0.1, -0.05) is 15.9 Å². The maximum Gasteiger partial charge on any atom is 0.292 e. The highest BCUT2D eigenvalue weighted by atomic mass is 79.9. The Balaban J connectivity index is 2.21. The van der Waals surface area contributed by atoms with E-state index in [-0.39, 0.29) is 10.6 Å². The van der Waals surface area contributed by atoms with Gasteiger partial charge in [-0.15, -0.1) is 0 Å². The Morgan fingerprint density at radius 2 is 2.15 bits per heavy atom. The van der Waals surface area contributed by atoms with Crippen LogP contribution in [0.5, 0.6) is 0 Å². The summed E-state index contributed by atoms with van der Waals surface area (Å²) in [4.78, 5) is 13.0. The van der Waals surface area contributed by atoms with Gasteiger partial charge >= 0.3 is 0 Å². The van der Waals surface area contributed by atoms with Crippen LogP contribution in [0.25, 0.3) is 0 Å². The molecule has 0 saturated carbocycles. The van der Waals surface area contributed by atoms with Gasteiger partial charge in [-0.25, -0.2) is 0 Å². The first-order valence-corrected chi connectivity index (χ1v) is 7.80.